The Labute approximate surface area is 112 Å². The summed E-state index contributed by atoms with van der Waals surface area (Å²) in [5, 5.41) is 0. The van der Waals surface area contributed by atoms with Crippen LogP contribution in [0, 0.1) is 11.8 Å². The molecule has 2 unspecified atom stereocenters. The molecule has 2 bridgehead atoms. The number of likely N-dealkylation sites (tertiary alicyclic amines) is 1. The summed E-state index contributed by atoms with van der Waals surface area (Å²) in [4.78, 5) is 26.2. The van der Waals surface area contributed by atoms with Gasteiger partial charge in [-0.1, -0.05) is 25.5 Å². The molecule has 5 heteroatoms. The van der Waals surface area contributed by atoms with Gasteiger partial charge in [-0.15, -0.1) is 0 Å². The van der Waals surface area contributed by atoms with Crippen molar-refractivity contribution in [2.75, 3.05) is 20.2 Å². The number of carbonyl (C=O) groups excluding carboxylic acids is 2. The summed E-state index contributed by atoms with van der Waals surface area (Å²) in [6, 6.07) is 0. The molecule has 104 valence electrons. The van der Waals surface area contributed by atoms with Gasteiger partial charge < -0.3 is 14.4 Å². The molecule has 3 heterocycles. The topological polar surface area (TPSA) is 55.8 Å². The zero-order valence-electron chi connectivity index (χ0n) is 11.3. The van der Waals surface area contributed by atoms with Gasteiger partial charge in [0.15, 0.2) is 0 Å². The molecule has 1 spiro atoms. The first-order valence-electron chi connectivity index (χ1n) is 6.87. The molecule has 3 rings (SSSR count). The molecule has 1 amide bonds. The number of nitrogens with zero attached hydrogens (tertiary/aromatic N) is 1. The molecular weight excluding hydrogens is 246 g/mol. The lowest BCUT2D eigenvalue weighted by molar-refractivity contribution is -0.151. The fourth-order valence-electron chi connectivity index (χ4n) is 3.52. The Morgan fingerprint density at radius 3 is 3.11 bits per heavy atom. The average molecular weight is 265 g/mol. The first-order valence-corrected chi connectivity index (χ1v) is 6.87. The molecule has 0 aromatic heterocycles. The Morgan fingerprint density at radius 2 is 2.42 bits per heavy atom. The van der Waals surface area contributed by atoms with Crippen LogP contribution in [0.4, 0.5) is 0 Å². The van der Waals surface area contributed by atoms with Crippen LogP contribution in [0.25, 0.3) is 0 Å². The molecule has 2 fully saturated rings. The largest absolute Gasteiger partial charge is 0.469 e. The van der Waals surface area contributed by atoms with E-state index in [0.717, 1.165) is 19.4 Å². The molecule has 4 atom stereocenters. The molecular formula is C14H19NO4. The van der Waals surface area contributed by atoms with Gasteiger partial charge in [-0.05, 0) is 6.42 Å². The summed E-state index contributed by atoms with van der Waals surface area (Å²) in [6.07, 6.45) is 5.58. The van der Waals surface area contributed by atoms with Crippen molar-refractivity contribution in [2.24, 2.45) is 11.8 Å². The van der Waals surface area contributed by atoms with Gasteiger partial charge in [0.1, 0.15) is 11.5 Å². The van der Waals surface area contributed by atoms with Crippen LogP contribution in [0.1, 0.15) is 19.8 Å². The summed E-state index contributed by atoms with van der Waals surface area (Å²) in [7, 11) is 1.36. The lowest BCUT2D eigenvalue weighted by atomic mass is 9.77. The van der Waals surface area contributed by atoms with Crippen molar-refractivity contribution >= 4 is 11.9 Å². The number of amides is 1. The summed E-state index contributed by atoms with van der Waals surface area (Å²) in [5.41, 5.74) is -0.589. The highest BCUT2D eigenvalue weighted by atomic mass is 16.5. The van der Waals surface area contributed by atoms with Gasteiger partial charge in [0.25, 0.3) is 0 Å². The third-order valence-corrected chi connectivity index (χ3v) is 4.43. The molecule has 0 aromatic rings. The molecule has 0 saturated carbocycles. The second-order valence-electron chi connectivity index (χ2n) is 5.54. The average Bonchev–Trinajstić information content (AvgIpc) is 3.04. The van der Waals surface area contributed by atoms with Crippen molar-refractivity contribution in [3.05, 3.63) is 12.2 Å². The van der Waals surface area contributed by atoms with Gasteiger partial charge in [0.2, 0.25) is 5.91 Å². The van der Waals surface area contributed by atoms with Gasteiger partial charge in [0.05, 0.1) is 25.7 Å². The molecule has 0 N–H and O–H groups in total. The Bertz CT molecular complexity index is 447. The SMILES string of the molecule is CCCCN1CC23C=C[C@@H](O2)C(C(=O)OC)[C@@H]3C1=O. The predicted molar refractivity (Wildman–Crippen MR) is 67.2 cm³/mol. The maximum atomic E-state index is 12.5. The highest BCUT2D eigenvalue weighted by molar-refractivity contribution is 5.91. The molecule has 2 saturated heterocycles. The third kappa shape index (κ3) is 1.64. The van der Waals surface area contributed by atoms with E-state index in [9.17, 15) is 9.59 Å². The van der Waals surface area contributed by atoms with Crippen molar-refractivity contribution in [1.82, 2.24) is 4.90 Å². The number of fused-ring (bicyclic) bond motifs is 1. The van der Waals surface area contributed by atoms with Crippen LogP contribution in [0.2, 0.25) is 0 Å². The molecule has 3 aliphatic rings. The predicted octanol–water partition coefficient (Wildman–Crippen LogP) is 0.741. The van der Waals surface area contributed by atoms with Gasteiger partial charge >= 0.3 is 5.97 Å². The smallest absolute Gasteiger partial charge is 0.312 e. The molecule has 19 heavy (non-hydrogen) atoms. The molecule has 3 aliphatic heterocycles. The van der Waals surface area contributed by atoms with Crippen LogP contribution >= 0.6 is 0 Å². The lowest BCUT2D eigenvalue weighted by Crippen LogP contribution is -2.39. The normalized spacial score (nSPS) is 38.9. The molecule has 0 radical (unpaired) electrons. The van der Waals surface area contributed by atoms with Crippen molar-refractivity contribution in [1.29, 1.82) is 0 Å². The van der Waals surface area contributed by atoms with Crippen LogP contribution in [0.3, 0.4) is 0 Å². The van der Waals surface area contributed by atoms with Crippen LogP contribution in [-0.4, -0.2) is 48.7 Å². The summed E-state index contributed by atoms with van der Waals surface area (Å²) in [6.45, 7) is 3.40. The van der Waals surface area contributed by atoms with Crippen molar-refractivity contribution in [2.45, 2.75) is 31.5 Å². The number of methoxy groups -OCH3 is 1. The Kier molecular flexibility index (Phi) is 2.89. The van der Waals surface area contributed by atoms with Crippen LogP contribution in [-0.2, 0) is 19.1 Å². The zero-order chi connectivity index (χ0) is 13.6. The van der Waals surface area contributed by atoms with E-state index >= 15 is 0 Å². The van der Waals surface area contributed by atoms with Crippen molar-refractivity contribution < 1.29 is 19.1 Å². The van der Waals surface area contributed by atoms with E-state index in [2.05, 4.69) is 6.92 Å². The van der Waals surface area contributed by atoms with E-state index in [4.69, 9.17) is 9.47 Å². The first kappa shape index (κ1) is 12.7. The van der Waals surface area contributed by atoms with E-state index in [-0.39, 0.29) is 18.0 Å². The fourth-order valence-corrected chi connectivity index (χ4v) is 3.52. The van der Waals surface area contributed by atoms with Gasteiger partial charge in [-0.25, -0.2) is 0 Å². The maximum Gasteiger partial charge on any atom is 0.312 e. The van der Waals surface area contributed by atoms with Gasteiger partial charge in [-0.2, -0.15) is 0 Å². The number of unbranched alkanes of at least 4 members (excludes halogenated alkanes) is 1. The second kappa shape index (κ2) is 4.34. The van der Waals surface area contributed by atoms with E-state index in [1.54, 1.807) is 0 Å². The second-order valence-corrected chi connectivity index (χ2v) is 5.54. The van der Waals surface area contributed by atoms with E-state index < -0.39 is 17.4 Å². The number of rotatable bonds is 4. The molecule has 0 aliphatic carbocycles. The van der Waals surface area contributed by atoms with Crippen LogP contribution in [0.15, 0.2) is 12.2 Å². The Balaban J connectivity index is 1.86. The van der Waals surface area contributed by atoms with Crippen LogP contribution in [0.5, 0.6) is 0 Å². The van der Waals surface area contributed by atoms with E-state index in [1.807, 2.05) is 17.1 Å². The number of ether oxygens (including phenoxy) is 2. The van der Waals surface area contributed by atoms with Gasteiger partial charge in [0, 0.05) is 6.54 Å². The minimum atomic E-state index is -0.589. The number of esters is 1. The summed E-state index contributed by atoms with van der Waals surface area (Å²) < 4.78 is 10.8. The third-order valence-electron chi connectivity index (χ3n) is 4.43. The molecule has 0 aromatic carbocycles. The Hall–Kier alpha value is -1.36. The quantitative estimate of drug-likeness (QED) is 0.556. The van der Waals surface area contributed by atoms with Crippen LogP contribution < -0.4 is 0 Å². The minimum Gasteiger partial charge on any atom is -0.469 e. The summed E-state index contributed by atoms with van der Waals surface area (Å²) in [5.74, 6) is -1.18. The number of carbonyl (C=O) groups is 2. The monoisotopic (exact) mass is 265 g/mol. The Morgan fingerprint density at radius 1 is 1.63 bits per heavy atom. The highest BCUT2D eigenvalue weighted by Gasteiger charge is 2.67. The zero-order valence-corrected chi connectivity index (χ0v) is 11.3. The highest BCUT2D eigenvalue weighted by Crippen LogP contribution is 2.52. The lowest BCUT2D eigenvalue weighted by Gasteiger charge is -2.22. The van der Waals surface area contributed by atoms with E-state index in [1.165, 1.54) is 7.11 Å². The van der Waals surface area contributed by atoms with Gasteiger partial charge in [-0.3, -0.25) is 9.59 Å². The van der Waals surface area contributed by atoms with Crippen molar-refractivity contribution in [3.63, 3.8) is 0 Å². The fraction of sp³-hybridized carbons (Fsp3) is 0.714. The standard InChI is InChI=1S/C14H19NO4/c1-3-4-7-15-8-14-6-5-9(19-14)10(13(17)18-2)11(14)12(15)16/h5-6,9-11H,3-4,7-8H2,1-2H3/t9-,10?,11-,14?/m1/s1. The minimum absolute atomic E-state index is 0.0377. The number of hydrogen-bond acceptors (Lipinski definition) is 4. The summed E-state index contributed by atoms with van der Waals surface area (Å²) >= 11 is 0. The first-order chi connectivity index (χ1) is 9.13. The number of hydrogen-bond donors (Lipinski definition) is 0. The van der Waals surface area contributed by atoms with E-state index in [0.29, 0.717) is 6.54 Å². The maximum absolute atomic E-state index is 12.5. The molecule has 5 nitrogen and oxygen atoms in total. The van der Waals surface area contributed by atoms with Crippen molar-refractivity contribution in [3.8, 4) is 0 Å².